The lowest BCUT2D eigenvalue weighted by Crippen LogP contribution is -1.95. The fraction of sp³-hybridized carbons (Fsp3) is 0. The van der Waals surface area contributed by atoms with Crippen molar-refractivity contribution >= 4 is 34.3 Å². The summed E-state index contributed by atoms with van der Waals surface area (Å²) >= 11 is 3.53. The van der Waals surface area contributed by atoms with Crippen LogP contribution in [0.25, 0.3) is 0 Å². The van der Waals surface area contributed by atoms with Crippen molar-refractivity contribution in [2.75, 3.05) is 0 Å². The second-order valence-corrected chi connectivity index (χ2v) is 8.49. The van der Waals surface area contributed by atoms with Crippen LogP contribution in [-0.4, -0.2) is 4.21 Å². The van der Waals surface area contributed by atoms with Gasteiger partial charge in [-0.1, -0.05) is 53.9 Å². The molecule has 22 heavy (non-hydrogen) atoms. The molecule has 0 N–H and O–H groups in total. The molecule has 0 bridgehead atoms. The van der Waals surface area contributed by atoms with Gasteiger partial charge in [0.1, 0.15) is 0 Å². The van der Waals surface area contributed by atoms with Crippen molar-refractivity contribution in [1.82, 2.24) is 0 Å². The number of fused-ring (bicyclic) bond motifs is 2. The average Bonchev–Trinajstić information content (AvgIpc) is 2.59. The Bertz CT molecular complexity index is 859. The van der Waals surface area contributed by atoms with E-state index < -0.39 is 10.8 Å². The Kier molecular flexibility index (Phi) is 3.82. The molecule has 1 unspecified atom stereocenters. The molecule has 0 fully saturated rings. The third-order valence-electron chi connectivity index (χ3n) is 3.38. The molecule has 0 amide bonds. The van der Waals surface area contributed by atoms with E-state index in [1.807, 2.05) is 36.4 Å². The Hall–Kier alpha value is -1.49. The van der Waals surface area contributed by atoms with Gasteiger partial charge >= 0.3 is 0 Å². The van der Waals surface area contributed by atoms with E-state index in [1.54, 1.807) is 23.5 Å². The van der Waals surface area contributed by atoms with Crippen LogP contribution in [0.2, 0.25) is 0 Å². The van der Waals surface area contributed by atoms with E-state index in [1.165, 1.54) is 19.6 Å². The zero-order valence-electron chi connectivity index (χ0n) is 11.6. The highest BCUT2D eigenvalue weighted by Crippen LogP contribution is 2.48. The predicted octanol–water partition coefficient (Wildman–Crippen LogP) is 5.47. The maximum Gasteiger partial charge on any atom is 0.0849 e. The molecule has 4 heteroatoms. The zero-order chi connectivity index (χ0) is 14.9. The summed E-state index contributed by atoms with van der Waals surface area (Å²) in [6.45, 7) is 0. The first kappa shape index (κ1) is 14.1. The Morgan fingerprint density at radius 1 is 0.591 bits per heavy atom. The fourth-order valence-corrected chi connectivity index (χ4v) is 5.73. The number of rotatable bonds is 2. The van der Waals surface area contributed by atoms with Crippen LogP contribution in [0, 0.1) is 0 Å². The maximum absolute atomic E-state index is 12.7. The van der Waals surface area contributed by atoms with Crippen LogP contribution >= 0.6 is 23.5 Å². The lowest BCUT2D eigenvalue weighted by atomic mass is 10.3. The summed E-state index contributed by atoms with van der Waals surface area (Å²) in [6.07, 6.45) is 0. The molecule has 0 aromatic heterocycles. The minimum absolute atomic E-state index is 0.844. The van der Waals surface area contributed by atoms with Crippen LogP contribution in [0.1, 0.15) is 0 Å². The molecule has 0 saturated carbocycles. The Morgan fingerprint density at radius 3 is 1.91 bits per heavy atom. The second-order valence-electron chi connectivity index (χ2n) is 4.84. The van der Waals surface area contributed by atoms with Gasteiger partial charge in [0.2, 0.25) is 0 Å². The highest BCUT2D eigenvalue weighted by Gasteiger charge is 2.18. The largest absolute Gasteiger partial charge is 0.249 e. The van der Waals surface area contributed by atoms with E-state index in [2.05, 4.69) is 36.4 Å². The van der Waals surface area contributed by atoms with Gasteiger partial charge < -0.3 is 0 Å². The molecule has 4 rings (SSSR count). The van der Waals surface area contributed by atoms with Crippen molar-refractivity contribution in [2.24, 2.45) is 0 Å². The quantitative estimate of drug-likeness (QED) is 0.482. The van der Waals surface area contributed by atoms with E-state index in [-0.39, 0.29) is 0 Å². The predicted molar refractivity (Wildman–Crippen MR) is 92.2 cm³/mol. The molecule has 0 spiro atoms. The second kappa shape index (κ2) is 5.95. The molecule has 1 nitrogen and oxygen atoms in total. The highest BCUT2D eigenvalue weighted by atomic mass is 32.2. The Balaban J connectivity index is 1.70. The van der Waals surface area contributed by atoms with Crippen molar-refractivity contribution in [2.45, 2.75) is 29.4 Å². The SMILES string of the molecule is O=S(c1ccccc1)c1ccc2c(c1)Sc1ccccc1S2. The molecular weight excluding hydrogens is 328 g/mol. The first-order chi connectivity index (χ1) is 10.8. The fourth-order valence-electron chi connectivity index (χ4n) is 2.30. The molecule has 0 radical (unpaired) electrons. The lowest BCUT2D eigenvalue weighted by molar-refractivity contribution is 0.683. The number of benzene rings is 3. The molecular formula is C18H12OS3. The van der Waals surface area contributed by atoms with Crippen LogP contribution in [0.5, 0.6) is 0 Å². The van der Waals surface area contributed by atoms with Gasteiger partial charge in [0.05, 0.1) is 10.8 Å². The van der Waals surface area contributed by atoms with Crippen LogP contribution in [0.3, 0.4) is 0 Å². The molecule has 1 aliphatic heterocycles. The first-order valence-corrected chi connectivity index (χ1v) is 9.65. The topological polar surface area (TPSA) is 17.1 Å². The van der Waals surface area contributed by atoms with Crippen LogP contribution in [0.15, 0.2) is 102 Å². The number of hydrogen-bond acceptors (Lipinski definition) is 3. The van der Waals surface area contributed by atoms with Crippen molar-refractivity contribution < 1.29 is 4.21 Å². The minimum Gasteiger partial charge on any atom is -0.249 e. The van der Waals surface area contributed by atoms with Gasteiger partial charge in [0, 0.05) is 29.4 Å². The summed E-state index contributed by atoms with van der Waals surface area (Å²) in [5, 5.41) is 0. The molecule has 1 atom stereocenters. The van der Waals surface area contributed by atoms with Crippen molar-refractivity contribution in [3.05, 3.63) is 72.8 Å². The Morgan fingerprint density at radius 2 is 1.18 bits per heavy atom. The number of hydrogen-bond donors (Lipinski definition) is 0. The summed E-state index contributed by atoms with van der Waals surface area (Å²) in [4.78, 5) is 6.68. The van der Waals surface area contributed by atoms with E-state index in [0.717, 1.165) is 9.79 Å². The van der Waals surface area contributed by atoms with Gasteiger partial charge in [0.25, 0.3) is 0 Å². The van der Waals surface area contributed by atoms with E-state index in [9.17, 15) is 4.21 Å². The monoisotopic (exact) mass is 340 g/mol. The summed E-state index contributed by atoms with van der Waals surface area (Å²) in [7, 11) is -1.13. The zero-order valence-corrected chi connectivity index (χ0v) is 14.0. The normalized spacial score (nSPS) is 14.0. The summed E-state index contributed by atoms with van der Waals surface area (Å²) < 4.78 is 12.7. The van der Waals surface area contributed by atoms with Crippen molar-refractivity contribution in [3.8, 4) is 0 Å². The summed E-state index contributed by atoms with van der Waals surface area (Å²) in [5.41, 5.74) is 0. The van der Waals surface area contributed by atoms with Gasteiger partial charge in [-0.3, -0.25) is 0 Å². The third-order valence-corrected chi connectivity index (χ3v) is 7.30. The standard InChI is InChI=1S/C18H12OS3/c19-22(13-6-2-1-3-7-13)14-10-11-17-18(12-14)21-16-9-5-4-8-15(16)20-17/h1-12H. The minimum atomic E-state index is -1.13. The molecule has 3 aromatic rings. The molecule has 1 heterocycles. The molecule has 0 aliphatic carbocycles. The third kappa shape index (κ3) is 2.62. The van der Waals surface area contributed by atoms with Crippen LogP contribution < -0.4 is 0 Å². The van der Waals surface area contributed by atoms with Gasteiger partial charge in [-0.05, 0) is 42.5 Å². The van der Waals surface area contributed by atoms with E-state index in [4.69, 9.17) is 0 Å². The first-order valence-electron chi connectivity index (χ1n) is 6.87. The summed E-state index contributed by atoms with van der Waals surface area (Å²) in [5.74, 6) is 0. The van der Waals surface area contributed by atoms with E-state index in [0.29, 0.717) is 0 Å². The molecule has 108 valence electrons. The summed E-state index contributed by atoms with van der Waals surface area (Å²) in [6, 6.07) is 24.1. The highest BCUT2D eigenvalue weighted by molar-refractivity contribution is 8.05. The van der Waals surface area contributed by atoms with Crippen molar-refractivity contribution in [3.63, 3.8) is 0 Å². The van der Waals surface area contributed by atoms with Gasteiger partial charge in [-0.15, -0.1) is 0 Å². The van der Waals surface area contributed by atoms with Crippen molar-refractivity contribution in [1.29, 1.82) is 0 Å². The molecule has 1 aliphatic rings. The van der Waals surface area contributed by atoms with Crippen LogP contribution in [0.4, 0.5) is 0 Å². The average molecular weight is 340 g/mol. The molecule has 3 aromatic carbocycles. The smallest absolute Gasteiger partial charge is 0.0849 e. The van der Waals surface area contributed by atoms with Gasteiger partial charge in [-0.2, -0.15) is 0 Å². The van der Waals surface area contributed by atoms with E-state index >= 15 is 0 Å². The Labute approximate surface area is 140 Å². The lowest BCUT2D eigenvalue weighted by Gasteiger charge is -2.18. The molecule has 0 saturated heterocycles. The maximum atomic E-state index is 12.7. The van der Waals surface area contributed by atoms with Gasteiger partial charge in [-0.25, -0.2) is 4.21 Å². The van der Waals surface area contributed by atoms with Gasteiger partial charge in [0.15, 0.2) is 0 Å². The van der Waals surface area contributed by atoms with Crippen LogP contribution in [-0.2, 0) is 10.8 Å².